The van der Waals surface area contributed by atoms with Crippen molar-refractivity contribution >= 4 is 39.3 Å². The second-order valence-electron chi connectivity index (χ2n) is 8.44. The van der Waals surface area contributed by atoms with Crippen molar-refractivity contribution in [2.24, 2.45) is 4.99 Å². The Kier molecular flexibility index (Phi) is 9.08. The monoisotopic (exact) mass is 612 g/mol. The lowest BCUT2D eigenvalue weighted by molar-refractivity contribution is -0.139. The van der Waals surface area contributed by atoms with Crippen molar-refractivity contribution in [3.8, 4) is 17.2 Å². The molecule has 10 heteroatoms. The molecule has 2 heterocycles. The van der Waals surface area contributed by atoms with Gasteiger partial charge in [0.1, 0.15) is 12.4 Å². The topological polar surface area (TPSA) is 88.4 Å². The van der Waals surface area contributed by atoms with Crippen molar-refractivity contribution < 1.29 is 23.7 Å². The lowest BCUT2D eigenvalue weighted by Crippen LogP contribution is -2.39. The number of carbonyl (C=O) groups is 1. The molecule has 8 nitrogen and oxygen atoms in total. The van der Waals surface area contributed by atoms with E-state index in [-0.39, 0.29) is 12.2 Å². The Morgan fingerprint density at radius 2 is 1.92 bits per heavy atom. The van der Waals surface area contributed by atoms with E-state index in [9.17, 15) is 9.59 Å². The van der Waals surface area contributed by atoms with Gasteiger partial charge in [-0.3, -0.25) is 9.36 Å². The summed E-state index contributed by atoms with van der Waals surface area (Å²) >= 11 is 4.79. The van der Waals surface area contributed by atoms with Crippen LogP contribution in [0.1, 0.15) is 37.9 Å². The summed E-state index contributed by atoms with van der Waals surface area (Å²) in [6.45, 7) is 10.1. The first-order valence-corrected chi connectivity index (χ1v) is 14.0. The zero-order chi connectivity index (χ0) is 28.1. The second-order valence-corrected chi connectivity index (χ2v) is 10.3. The summed E-state index contributed by atoms with van der Waals surface area (Å²) in [5, 5.41) is 0. The fourth-order valence-electron chi connectivity index (χ4n) is 4.27. The minimum atomic E-state index is -0.711. The van der Waals surface area contributed by atoms with Gasteiger partial charge < -0.3 is 18.9 Å². The summed E-state index contributed by atoms with van der Waals surface area (Å²) in [5.41, 5.74) is 2.03. The highest BCUT2D eigenvalue weighted by atomic mass is 79.9. The predicted molar refractivity (Wildman–Crippen MR) is 154 cm³/mol. The summed E-state index contributed by atoms with van der Waals surface area (Å²) in [6, 6.07) is 10.2. The van der Waals surface area contributed by atoms with E-state index >= 15 is 0 Å². The summed E-state index contributed by atoms with van der Waals surface area (Å²) in [5.74, 6) is 1.28. The van der Waals surface area contributed by atoms with Gasteiger partial charge in [-0.1, -0.05) is 36.1 Å². The van der Waals surface area contributed by atoms with E-state index in [1.54, 1.807) is 49.8 Å². The van der Waals surface area contributed by atoms with Gasteiger partial charge >= 0.3 is 5.97 Å². The Morgan fingerprint density at radius 1 is 1.18 bits per heavy atom. The smallest absolute Gasteiger partial charge is 0.338 e. The van der Waals surface area contributed by atoms with E-state index in [2.05, 4.69) is 27.5 Å². The van der Waals surface area contributed by atoms with Gasteiger partial charge in [0, 0.05) is 0 Å². The molecule has 1 aliphatic rings. The maximum absolute atomic E-state index is 13.9. The molecule has 0 amide bonds. The standard InChI is InChI=1S/C29H29BrN2O6S/c1-6-13-38-20-11-9-19(10-12-20)25-24(28(34)37-8-3)17(4)31-29-32(25)27(33)23(39-29)16-18-14-21(30)26(36-7-2)22(15-18)35-5/h6,9-12,14-16,25H,1,7-8,13H2,2-5H3/b23-16-/t25-/m1/s1. The zero-order valence-electron chi connectivity index (χ0n) is 22.2. The molecule has 1 atom stereocenters. The normalized spacial score (nSPS) is 14.9. The quantitative estimate of drug-likeness (QED) is 0.247. The van der Waals surface area contributed by atoms with Crippen molar-refractivity contribution in [2.75, 3.05) is 26.9 Å². The van der Waals surface area contributed by atoms with Gasteiger partial charge in [-0.15, -0.1) is 0 Å². The van der Waals surface area contributed by atoms with Gasteiger partial charge in [0.15, 0.2) is 16.3 Å². The molecular formula is C29H29BrN2O6S. The van der Waals surface area contributed by atoms with Crippen LogP contribution in [0.3, 0.4) is 0 Å². The predicted octanol–water partition coefficient (Wildman–Crippen LogP) is 4.53. The van der Waals surface area contributed by atoms with Crippen LogP contribution >= 0.6 is 27.3 Å². The van der Waals surface area contributed by atoms with Crippen LogP contribution in [0, 0.1) is 0 Å². The Balaban J connectivity index is 1.88. The summed E-state index contributed by atoms with van der Waals surface area (Å²) in [7, 11) is 1.56. The molecule has 0 saturated carbocycles. The summed E-state index contributed by atoms with van der Waals surface area (Å²) in [4.78, 5) is 32.1. The number of thiazole rings is 1. The van der Waals surface area contributed by atoms with Gasteiger partial charge in [0.05, 0.1) is 46.6 Å². The summed E-state index contributed by atoms with van der Waals surface area (Å²) < 4.78 is 24.9. The first kappa shape index (κ1) is 28.4. The molecule has 1 aromatic heterocycles. The van der Waals surface area contributed by atoms with Crippen molar-refractivity contribution in [1.82, 2.24) is 4.57 Å². The van der Waals surface area contributed by atoms with Crippen LogP contribution in [0.2, 0.25) is 0 Å². The largest absolute Gasteiger partial charge is 0.493 e. The average molecular weight is 614 g/mol. The van der Waals surface area contributed by atoms with E-state index in [4.69, 9.17) is 18.9 Å². The molecule has 204 valence electrons. The Bertz CT molecular complexity index is 1600. The number of hydrogen-bond acceptors (Lipinski definition) is 8. The lowest BCUT2D eigenvalue weighted by atomic mass is 9.96. The van der Waals surface area contributed by atoms with E-state index in [1.165, 1.54) is 11.3 Å². The molecule has 0 spiro atoms. The number of benzene rings is 2. The molecule has 0 saturated heterocycles. The van der Waals surface area contributed by atoms with Gasteiger partial charge in [-0.05, 0) is 78.2 Å². The van der Waals surface area contributed by atoms with Crippen LogP contribution in [0.4, 0.5) is 0 Å². The number of methoxy groups -OCH3 is 1. The van der Waals surface area contributed by atoms with E-state index in [1.807, 2.05) is 31.2 Å². The molecule has 0 N–H and O–H groups in total. The number of esters is 1. The third-order valence-corrected chi connectivity index (χ3v) is 7.49. The lowest BCUT2D eigenvalue weighted by Gasteiger charge is -2.24. The third-order valence-electron chi connectivity index (χ3n) is 5.92. The Labute approximate surface area is 238 Å². The fourth-order valence-corrected chi connectivity index (χ4v) is 5.89. The minimum absolute atomic E-state index is 0.204. The number of nitrogens with zero attached hydrogens (tertiary/aromatic N) is 2. The van der Waals surface area contributed by atoms with Crippen LogP contribution in [0.15, 0.2) is 74.6 Å². The van der Waals surface area contributed by atoms with Gasteiger partial charge in [0.25, 0.3) is 5.56 Å². The summed E-state index contributed by atoms with van der Waals surface area (Å²) in [6.07, 6.45) is 3.44. The first-order valence-electron chi connectivity index (χ1n) is 12.4. The van der Waals surface area contributed by atoms with Crippen LogP contribution in [-0.2, 0) is 9.53 Å². The van der Waals surface area contributed by atoms with Gasteiger partial charge in [-0.25, -0.2) is 9.79 Å². The number of aromatic nitrogens is 1. The van der Waals surface area contributed by atoms with Crippen molar-refractivity contribution in [3.63, 3.8) is 0 Å². The maximum atomic E-state index is 13.9. The minimum Gasteiger partial charge on any atom is -0.493 e. The fraction of sp³-hybridized carbons (Fsp3) is 0.276. The highest BCUT2D eigenvalue weighted by Crippen LogP contribution is 2.37. The third kappa shape index (κ3) is 5.86. The number of allylic oxidation sites excluding steroid dienone is 1. The number of halogens is 1. The van der Waals surface area contributed by atoms with Crippen LogP contribution in [0.5, 0.6) is 17.2 Å². The molecule has 3 aromatic rings. The molecule has 0 unspecified atom stereocenters. The molecule has 0 bridgehead atoms. The van der Waals surface area contributed by atoms with Crippen LogP contribution in [-0.4, -0.2) is 37.5 Å². The Morgan fingerprint density at radius 3 is 2.56 bits per heavy atom. The molecular weight excluding hydrogens is 584 g/mol. The molecule has 0 aliphatic carbocycles. The van der Waals surface area contributed by atoms with E-state index in [0.717, 1.165) is 11.1 Å². The molecule has 0 radical (unpaired) electrons. The molecule has 4 rings (SSSR count). The average Bonchev–Trinajstić information content (AvgIpc) is 3.22. The number of ether oxygens (including phenoxy) is 4. The molecule has 39 heavy (non-hydrogen) atoms. The zero-order valence-corrected chi connectivity index (χ0v) is 24.6. The maximum Gasteiger partial charge on any atom is 0.338 e. The molecule has 1 aliphatic heterocycles. The highest BCUT2D eigenvalue weighted by Gasteiger charge is 2.33. The molecule has 0 fully saturated rings. The Hall–Kier alpha value is -3.63. The van der Waals surface area contributed by atoms with Crippen molar-refractivity contribution in [3.05, 3.63) is 95.6 Å². The van der Waals surface area contributed by atoms with E-state index in [0.29, 0.717) is 55.5 Å². The van der Waals surface area contributed by atoms with E-state index < -0.39 is 12.0 Å². The second kappa shape index (κ2) is 12.5. The number of rotatable bonds is 10. The van der Waals surface area contributed by atoms with Crippen molar-refractivity contribution in [1.29, 1.82) is 0 Å². The number of fused-ring (bicyclic) bond motifs is 1. The van der Waals surface area contributed by atoms with Gasteiger partial charge in [0.2, 0.25) is 0 Å². The van der Waals surface area contributed by atoms with Crippen LogP contribution < -0.4 is 29.1 Å². The number of carbonyl (C=O) groups excluding carboxylic acids is 1. The van der Waals surface area contributed by atoms with Crippen molar-refractivity contribution in [2.45, 2.75) is 26.8 Å². The van der Waals surface area contributed by atoms with Crippen LogP contribution in [0.25, 0.3) is 6.08 Å². The highest BCUT2D eigenvalue weighted by molar-refractivity contribution is 9.10. The van der Waals surface area contributed by atoms with Gasteiger partial charge in [-0.2, -0.15) is 0 Å². The SMILES string of the molecule is C=CCOc1ccc([C@@H]2C(C(=O)OCC)=C(C)N=c3s/c(=C\c4cc(Br)c(OCC)c(OC)c4)c(=O)n32)cc1. The number of hydrogen-bond donors (Lipinski definition) is 0. The first-order chi connectivity index (χ1) is 18.8. The molecule has 2 aromatic carbocycles.